The molecule has 0 aromatic heterocycles. The Kier molecular flexibility index (Phi) is 8.46. The fourth-order valence-corrected chi connectivity index (χ4v) is 1.23. The third-order valence-corrected chi connectivity index (χ3v) is 1.91. The Balaban J connectivity index is 3.53. The molecule has 2 nitrogen and oxygen atoms in total. The first-order chi connectivity index (χ1) is 5.85. The number of aliphatic imine (C=N–C) groups is 1. The minimum absolute atomic E-state index is 0.589. The molecular weight excluding hydrogens is 148 g/mol. The van der Waals surface area contributed by atoms with E-state index < -0.39 is 0 Å². The van der Waals surface area contributed by atoms with Crippen molar-refractivity contribution in [2.45, 2.75) is 46.1 Å². The van der Waals surface area contributed by atoms with Crippen LogP contribution >= 0.6 is 0 Å². The Hall–Kier alpha value is -0.370. The normalized spacial score (nSPS) is 13.9. The van der Waals surface area contributed by atoms with Crippen molar-refractivity contribution in [3.05, 3.63) is 0 Å². The largest absolute Gasteiger partial charge is 0.312 e. The highest BCUT2D eigenvalue weighted by Gasteiger charge is 2.03. The fourth-order valence-electron chi connectivity index (χ4n) is 1.23. The molecule has 0 aromatic rings. The van der Waals surface area contributed by atoms with Gasteiger partial charge in [0, 0.05) is 6.04 Å². The van der Waals surface area contributed by atoms with Crippen LogP contribution in [0.3, 0.4) is 0 Å². The van der Waals surface area contributed by atoms with Crippen LogP contribution in [-0.2, 0) is 0 Å². The first kappa shape index (κ1) is 11.6. The van der Waals surface area contributed by atoms with Crippen molar-refractivity contribution in [1.29, 1.82) is 0 Å². The maximum Gasteiger partial charge on any atom is 0.0538 e. The molecule has 12 heavy (non-hydrogen) atoms. The minimum atomic E-state index is 0.589. The van der Waals surface area contributed by atoms with Gasteiger partial charge in [0.15, 0.2) is 0 Å². The molecule has 0 radical (unpaired) electrons. The van der Waals surface area contributed by atoms with E-state index in [1.54, 1.807) is 0 Å². The van der Waals surface area contributed by atoms with Crippen LogP contribution in [0.1, 0.15) is 40.0 Å². The molecule has 0 aromatic carbocycles. The summed E-state index contributed by atoms with van der Waals surface area (Å²) in [4.78, 5) is 4.26. The Morgan fingerprint density at radius 2 is 2.17 bits per heavy atom. The van der Waals surface area contributed by atoms with Crippen molar-refractivity contribution in [2.24, 2.45) is 4.99 Å². The number of unbranched alkanes of at least 4 members (excludes halogenated alkanes) is 1. The van der Waals surface area contributed by atoms with Crippen LogP contribution in [0.15, 0.2) is 4.99 Å². The molecule has 1 N–H and O–H groups in total. The van der Waals surface area contributed by atoms with E-state index in [-0.39, 0.29) is 0 Å². The number of nitrogens with zero attached hydrogens (tertiary/aromatic N) is 1. The van der Waals surface area contributed by atoms with Gasteiger partial charge in [0.05, 0.1) is 6.54 Å². The Morgan fingerprint density at radius 3 is 2.67 bits per heavy atom. The molecule has 72 valence electrons. The van der Waals surface area contributed by atoms with Gasteiger partial charge in [-0.05, 0) is 26.1 Å². The fraction of sp³-hybridized carbons (Fsp3) is 0.900. The van der Waals surface area contributed by atoms with E-state index >= 15 is 0 Å². The smallest absolute Gasteiger partial charge is 0.0538 e. The predicted molar refractivity (Wildman–Crippen MR) is 56.0 cm³/mol. The average molecular weight is 170 g/mol. The molecule has 0 amide bonds. The van der Waals surface area contributed by atoms with E-state index in [9.17, 15) is 0 Å². The zero-order valence-electron chi connectivity index (χ0n) is 8.64. The highest BCUT2D eigenvalue weighted by molar-refractivity contribution is 5.53. The molecule has 0 heterocycles. The molecule has 0 saturated heterocycles. The van der Waals surface area contributed by atoms with Gasteiger partial charge in [0.25, 0.3) is 0 Å². The summed E-state index contributed by atoms with van der Waals surface area (Å²) in [6.45, 7) is 8.33. The highest BCUT2D eigenvalue weighted by atomic mass is 14.9. The van der Waals surface area contributed by atoms with Gasteiger partial charge >= 0.3 is 0 Å². The third kappa shape index (κ3) is 6.35. The first-order valence-electron chi connectivity index (χ1n) is 5.02. The van der Waals surface area contributed by atoms with Gasteiger partial charge in [-0.3, -0.25) is 4.99 Å². The Morgan fingerprint density at radius 1 is 1.42 bits per heavy atom. The van der Waals surface area contributed by atoms with Gasteiger partial charge in [0.1, 0.15) is 0 Å². The van der Waals surface area contributed by atoms with Gasteiger partial charge in [-0.15, -0.1) is 0 Å². The van der Waals surface area contributed by atoms with Crippen LogP contribution in [0, 0.1) is 0 Å². The number of likely N-dealkylation sites (N-methyl/N-ethyl adjacent to an activating group) is 1. The summed E-state index contributed by atoms with van der Waals surface area (Å²) in [5, 5.41) is 3.44. The molecule has 0 aliphatic rings. The molecule has 0 aliphatic carbocycles. The molecule has 0 spiro atoms. The van der Waals surface area contributed by atoms with Gasteiger partial charge in [-0.2, -0.15) is 0 Å². The van der Waals surface area contributed by atoms with Crippen molar-refractivity contribution in [3.63, 3.8) is 0 Å². The van der Waals surface area contributed by atoms with Gasteiger partial charge in [0.2, 0.25) is 0 Å². The van der Waals surface area contributed by atoms with E-state index in [0.717, 1.165) is 13.1 Å². The average Bonchev–Trinajstić information content (AvgIpc) is 2.10. The van der Waals surface area contributed by atoms with E-state index in [4.69, 9.17) is 0 Å². The van der Waals surface area contributed by atoms with E-state index in [1.807, 2.05) is 13.1 Å². The summed E-state index contributed by atoms with van der Waals surface area (Å²) in [6, 6.07) is 0.589. The molecule has 0 saturated carbocycles. The zero-order valence-corrected chi connectivity index (χ0v) is 8.64. The van der Waals surface area contributed by atoms with Gasteiger partial charge in [-0.25, -0.2) is 0 Å². The maximum atomic E-state index is 4.26. The lowest BCUT2D eigenvalue weighted by atomic mass is 10.1. The molecule has 0 aliphatic heterocycles. The van der Waals surface area contributed by atoms with Crippen molar-refractivity contribution in [1.82, 2.24) is 5.32 Å². The van der Waals surface area contributed by atoms with Crippen molar-refractivity contribution in [3.8, 4) is 0 Å². The molecule has 1 atom stereocenters. The maximum absolute atomic E-state index is 4.26. The molecular formula is C10H22N2. The SMILES string of the molecule is CC=NC[C@H](CCCC)NCC. The van der Waals surface area contributed by atoms with Crippen LogP contribution < -0.4 is 5.32 Å². The molecule has 0 fully saturated rings. The third-order valence-electron chi connectivity index (χ3n) is 1.91. The number of rotatable bonds is 7. The quantitative estimate of drug-likeness (QED) is 0.582. The number of hydrogen-bond donors (Lipinski definition) is 1. The second-order valence-electron chi connectivity index (χ2n) is 3.02. The monoisotopic (exact) mass is 170 g/mol. The van der Waals surface area contributed by atoms with Crippen LogP contribution in [0.4, 0.5) is 0 Å². The van der Waals surface area contributed by atoms with Crippen LogP contribution in [-0.4, -0.2) is 25.3 Å². The first-order valence-corrected chi connectivity index (χ1v) is 5.02. The standard InChI is InChI=1S/C10H22N2/c1-4-7-8-10(12-6-3)9-11-5-2/h5,10,12H,4,6-9H2,1-3H3/t10-/m0/s1. The Bertz CT molecular complexity index is 110. The summed E-state index contributed by atoms with van der Waals surface area (Å²) < 4.78 is 0. The Labute approximate surface area is 76.5 Å². The van der Waals surface area contributed by atoms with Crippen LogP contribution in [0.2, 0.25) is 0 Å². The lowest BCUT2D eigenvalue weighted by Gasteiger charge is -2.14. The summed E-state index contributed by atoms with van der Waals surface area (Å²) in [5.41, 5.74) is 0. The molecule has 0 unspecified atom stereocenters. The topological polar surface area (TPSA) is 24.4 Å². The van der Waals surface area contributed by atoms with Crippen LogP contribution in [0.5, 0.6) is 0 Å². The summed E-state index contributed by atoms with van der Waals surface area (Å²) >= 11 is 0. The van der Waals surface area contributed by atoms with Crippen molar-refractivity contribution >= 4 is 6.21 Å². The van der Waals surface area contributed by atoms with E-state index in [1.165, 1.54) is 19.3 Å². The molecule has 0 rings (SSSR count). The number of nitrogens with one attached hydrogen (secondary N) is 1. The second kappa shape index (κ2) is 8.72. The second-order valence-corrected chi connectivity index (χ2v) is 3.02. The van der Waals surface area contributed by atoms with Crippen molar-refractivity contribution < 1.29 is 0 Å². The van der Waals surface area contributed by atoms with Gasteiger partial charge in [-0.1, -0.05) is 26.7 Å². The molecule has 2 heteroatoms. The van der Waals surface area contributed by atoms with E-state index in [0.29, 0.717) is 6.04 Å². The van der Waals surface area contributed by atoms with Crippen LogP contribution in [0.25, 0.3) is 0 Å². The number of hydrogen-bond acceptors (Lipinski definition) is 2. The zero-order chi connectivity index (χ0) is 9.23. The minimum Gasteiger partial charge on any atom is -0.312 e. The predicted octanol–water partition coefficient (Wildman–Crippen LogP) is 2.25. The van der Waals surface area contributed by atoms with Gasteiger partial charge < -0.3 is 5.32 Å². The lowest BCUT2D eigenvalue weighted by molar-refractivity contribution is 0.485. The summed E-state index contributed by atoms with van der Waals surface area (Å²) in [5.74, 6) is 0. The molecule has 0 bridgehead atoms. The lowest BCUT2D eigenvalue weighted by Crippen LogP contribution is -2.31. The highest BCUT2D eigenvalue weighted by Crippen LogP contribution is 2.00. The van der Waals surface area contributed by atoms with E-state index in [2.05, 4.69) is 24.2 Å². The van der Waals surface area contributed by atoms with Crippen molar-refractivity contribution in [2.75, 3.05) is 13.1 Å². The summed E-state index contributed by atoms with van der Waals surface area (Å²) in [6.07, 6.45) is 5.71. The summed E-state index contributed by atoms with van der Waals surface area (Å²) in [7, 11) is 0.